The molecule has 1 aromatic heterocycles. The van der Waals surface area contributed by atoms with Crippen LogP contribution in [0.25, 0.3) is 0 Å². The molecule has 1 aliphatic rings. The smallest absolute Gasteiger partial charge is 0.0622 e. The zero-order valence-electron chi connectivity index (χ0n) is 12.9. The minimum absolute atomic E-state index is 0.508. The molecule has 1 unspecified atom stereocenters. The summed E-state index contributed by atoms with van der Waals surface area (Å²) in [7, 11) is 0. The molecule has 1 aliphatic heterocycles. The third kappa shape index (κ3) is 4.54. The summed E-state index contributed by atoms with van der Waals surface area (Å²) in [6.45, 7) is 11.1. The van der Waals surface area contributed by atoms with E-state index < -0.39 is 0 Å². The standard InChI is InChI=1S/C16H27N3O/c1-4-16-12-20-8-7-19(16)11-15-6-5-14(10-18-15)9-17-13(2)3/h5-6,10,13,16-17H,4,7-9,11-12H2,1-3H3. The minimum atomic E-state index is 0.508. The maximum atomic E-state index is 5.54. The lowest BCUT2D eigenvalue weighted by Gasteiger charge is -2.34. The van der Waals surface area contributed by atoms with Gasteiger partial charge in [-0.05, 0) is 18.1 Å². The van der Waals surface area contributed by atoms with Gasteiger partial charge in [-0.25, -0.2) is 0 Å². The van der Waals surface area contributed by atoms with Crippen molar-refractivity contribution >= 4 is 0 Å². The molecule has 0 bridgehead atoms. The van der Waals surface area contributed by atoms with Gasteiger partial charge in [-0.2, -0.15) is 0 Å². The Labute approximate surface area is 122 Å². The number of nitrogens with one attached hydrogen (secondary N) is 1. The van der Waals surface area contributed by atoms with Gasteiger partial charge < -0.3 is 10.1 Å². The highest BCUT2D eigenvalue weighted by Crippen LogP contribution is 2.13. The molecule has 1 atom stereocenters. The van der Waals surface area contributed by atoms with Crippen LogP contribution in [0.4, 0.5) is 0 Å². The highest BCUT2D eigenvalue weighted by Gasteiger charge is 2.21. The van der Waals surface area contributed by atoms with E-state index in [0.717, 1.165) is 45.0 Å². The monoisotopic (exact) mass is 277 g/mol. The Morgan fingerprint density at radius 3 is 2.95 bits per heavy atom. The third-order valence-corrected chi connectivity index (χ3v) is 3.79. The molecule has 0 aromatic carbocycles. The number of aromatic nitrogens is 1. The van der Waals surface area contributed by atoms with Gasteiger partial charge in [-0.1, -0.05) is 26.8 Å². The number of pyridine rings is 1. The van der Waals surface area contributed by atoms with E-state index in [9.17, 15) is 0 Å². The lowest BCUT2D eigenvalue weighted by molar-refractivity contribution is -0.0132. The number of morpholine rings is 1. The molecule has 4 heteroatoms. The fourth-order valence-corrected chi connectivity index (χ4v) is 2.46. The van der Waals surface area contributed by atoms with Crippen LogP contribution >= 0.6 is 0 Å². The van der Waals surface area contributed by atoms with Crippen molar-refractivity contribution in [2.75, 3.05) is 19.8 Å². The van der Waals surface area contributed by atoms with Gasteiger partial charge in [-0.3, -0.25) is 9.88 Å². The second-order valence-corrected chi connectivity index (χ2v) is 5.80. The zero-order valence-corrected chi connectivity index (χ0v) is 12.9. The Morgan fingerprint density at radius 2 is 2.30 bits per heavy atom. The lowest BCUT2D eigenvalue weighted by atomic mass is 10.1. The van der Waals surface area contributed by atoms with E-state index >= 15 is 0 Å². The third-order valence-electron chi connectivity index (χ3n) is 3.79. The van der Waals surface area contributed by atoms with Crippen LogP contribution in [0.3, 0.4) is 0 Å². The van der Waals surface area contributed by atoms with Crippen LogP contribution in [0.2, 0.25) is 0 Å². The van der Waals surface area contributed by atoms with Crippen molar-refractivity contribution in [3.8, 4) is 0 Å². The summed E-state index contributed by atoms with van der Waals surface area (Å²) >= 11 is 0. The second kappa shape index (κ2) is 7.72. The van der Waals surface area contributed by atoms with Gasteiger partial charge in [0.1, 0.15) is 0 Å². The molecule has 0 radical (unpaired) electrons. The van der Waals surface area contributed by atoms with Crippen molar-refractivity contribution in [1.29, 1.82) is 0 Å². The van der Waals surface area contributed by atoms with Crippen molar-refractivity contribution in [1.82, 2.24) is 15.2 Å². The fourth-order valence-electron chi connectivity index (χ4n) is 2.46. The second-order valence-electron chi connectivity index (χ2n) is 5.80. The van der Waals surface area contributed by atoms with Crippen LogP contribution in [-0.4, -0.2) is 41.7 Å². The first-order chi connectivity index (χ1) is 9.69. The molecular formula is C16H27N3O. The number of hydrogen-bond acceptors (Lipinski definition) is 4. The highest BCUT2D eigenvalue weighted by molar-refractivity contribution is 5.14. The van der Waals surface area contributed by atoms with E-state index in [1.165, 1.54) is 5.56 Å². The summed E-state index contributed by atoms with van der Waals surface area (Å²) in [5.74, 6) is 0. The molecule has 2 rings (SSSR count). The summed E-state index contributed by atoms with van der Waals surface area (Å²) in [5, 5.41) is 3.41. The summed E-state index contributed by atoms with van der Waals surface area (Å²) in [5.41, 5.74) is 2.40. The normalized spacial score (nSPS) is 20.5. The number of nitrogens with zero attached hydrogens (tertiary/aromatic N) is 2. The van der Waals surface area contributed by atoms with Crippen LogP contribution in [0.15, 0.2) is 18.3 Å². The molecule has 0 amide bonds. The van der Waals surface area contributed by atoms with Gasteiger partial charge in [-0.15, -0.1) is 0 Å². The fraction of sp³-hybridized carbons (Fsp3) is 0.688. The number of rotatable bonds is 6. The molecule has 1 aromatic rings. The van der Waals surface area contributed by atoms with E-state index in [2.05, 4.69) is 48.1 Å². The van der Waals surface area contributed by atoms with Gasteiger partial charge in [0.25, 0.3) is 0 Å². The maximum absolute atomic E-state index is 5.54. The van der Waals surface area contributed by atoms with Gasteiger partial charge >= 0.3 is 0 Å². The molecule has 0 saturated carbocycles. The van der Waals surface area contributed by atoms with Crippen molar-refractivity contribution in [2.24, 2.45) is 0 Å². The van der Waals surface area contributed by atoms with Crippen molar-refractivity contribution in [3.05, 3.63) is 29.6 Å². The zero-order chi connectivity index (χ0) is 14.4. The van der Waals surface area contributed by atoms with E-state index in [-0.39, 0.29) is 0 Å². The molecule has 0 aliphatic carbocycles. The Hall–Kier alpha value is -0.970. The van der Waals surface area contributed by atoms with Crippen LogP contribution in [0.1, 0.15) is 38.4 Å². The van der Waals surface area contributed by atoms with E-state index in [1.807, 2.05) is 6.20 Å². The Morgan fingerprint density at radius 1 is 1.45 bits per heavy atom. The Balaban J connectivity index is 1.89. The predicted octanol–water partition coefficient (Wildman–Crippen LogP) is 2.19. The summed E-state index contributed by atoms with van der Waals surface area (Å²) < 4.78 is 5.54. The molecule has 1 saturated heterocycles. The first-order valence-electron chi connectivity index (χ1n) is 7.68. The lowest BCUT2D eigenvalue weighted by Crippen LogP contribution is -2.44. The molecule has 1 N–H and O–H groups in total. The first-order valence-corrected chi connectivity index (χ1v) is 7.68. The van der Waals surface area contributed by atoms with Crippen LogP contribution in [0.5, 0.6) is 0 Å². The average molecular weight is 277 g/mol. The summed E-state index contributed by atoms with van der Waals surface area (Å²) in [6, 6.07) is 5.37. The summed E-state index contributed by atoms with van der Waals surface area (Å²) in [6.07, 6.45) is 3.13. The molecule has 4 nitrogen and oxygen atoms in total. The number of ether oxygens (including phenoxy) is 1. The van der Waals surface area contributed by atoms with E-state index in [1.54, 1.807) is 0 Å². The largest absolute Gasteiger partial charge is 0.378 e. The number of hydrogen-bond donors (Lipinski definition) is 1. The Bertz CT molecular complexity index is 391. The molecule has 1 fully saturated rings. The summed E-state index contributed by atoms with van der Waals surface area (Å²) in [4.78, 5) is 7.08. The maximum Gasteiger partial charge on any atom is 0.0622 e. The average Bonchev–Trinajstić information content (AvgIpc) is 2.47. The van der Waals surface area contributed by atoms with Gasteiger partial charge in [0.15, 0.2) is 0 Å². The van der Waals surface area contributed by atoms with Gasteiger partial charge in [0.2, 0.25) is 0 Å². The van der Waals surface area contributed by atoms with Crippen molar-refractivity contribution < 1.29 is 4.74 Å². The van der Waals surface area contributed by atoms with E-state index in [0.29, 0.717) is 12.1 Å². The SMILES string of the molecule is CCC1COCCN1Cc1ccc(CNC(C)C)cn1. The van der Waals surface area contributed by atoms with Gasteiger partial charge in [0, 0.05) is 37.9 Å². The molecular weight excluding hydrogens is 250 g/mol. The first kappa shape index (κ1) is 15.4. The molecule has 2 heterocycles. The highest BCUT2D eigenvalue weighted by atomic mass is 16.5. The quantitative estimate of drug-likeness (QED) is 0.865. The van der Waals surface area contributed by atoms with E-state index in [4.69, 9.17) is 4.74 Å². The molecule has 20 heavy (non-hydrogen) atoms. The topological polar surface area (TPSA) is 37.4 Å². The Kier molecular flexibility index (Phi) is 5.95. The van der Waals surface area contributed by atoms with Crippen molar-refractivity contribution in [2.45, 2.75) is 52.4 Å². The molecule has 0 spiro atoms. The van der Waals surface area contributed by atoms with Crippen LogP contribution in [0, 0.1) is 0 Å². The predicted molar refractivity (Wildman–Crippen MR) is 81.5 cm³/mol. The van der Waals surface area contributed by atoms with Crippen LogP contribution in [-0.2, 0) is 17.8 Å². The van der Waals surface area contributed by atoms with Crippen LogP contribution < -0.4 is 5.32 Å². The van der Waals surface area contributed by atoms with Crippen molar-refractivity contribution in [3.63, 3.8) is 0 Å². The minimum Gasteiger partial charge on any atom is -0.378 e. The molecule has 112 valence electrons. The van der Waals surface area contributed by atoms with Gasteiger partial charge in [0.05, 0.1) is 18.9 Å².